The Morgan fingerprint density at radius 1 is 1.22 bits per heavy atom. The molecule has 0 aromatic heterocycles. The number of amides is 1. The minimum Gasteiger partial charge on any atom is -0.480 e. The number of carboxylic acids is 1. The zero-order chi connectivity index (χ0) is 16.7. The highest BCUT2D eigenvalue weighted by molar-refractivity contribution is 5.88. The Kier molecular flexibility index (Phi) is 4.08. The Bertz CT molecular complexity index is 628. The number of aliphatic carboxylic acids is 1. The first-order valence-electron chi connectivity index (χ1n) is 7.87. The van der Waals surface area contributed by atoms with E-state index in [0.717, 1.165) is 6.42 Å². The van der Waals surface area contributed by atoms with Gasteiger partial charge in [0.2, 0.25) is 5.91 Å². The molecule has 4 nitrogen and oxygen atoms in total. The summed E-state index contributed by atoms with van der Waals surface area (Å²) in [4.78, 5) is 25.4. The van der Waals surface area contributed by atoms with E-state index < -0.39 is 35.5 Å². The minimum atomic E-state index is -1.01. The van der Waals surface area contributed by atoms with E-state index in [1.54, 1.807) is 0 Å². The second-order valence-corrected chi connectivity index (χ2v) is 6.60. The zero-order valence-corrected chi connectivity index (χ0v) is 12.8. The molecule has 1 N–H and O–H groups in total. The highest BCUT2D eigenvalue weighted by Gasteiger charge is 2.50. The van der Waals surface area contributed by atoms with Crippen LogP contribution in [0.25, 0.3) is 0 Å². The van der Waals surface area contributed by atoms with Crippen LogP contribution in [-0.4, -0.2) is 34.5 Å². The first-order chi connectivity index (χ1) is 10.9. The SMILES string of the molecule is CC1CCN(C(=O)C2CC2c2c(F)cccc2F)C(C(=O)O)C1. The van der Waals surface area contributed by atoms with Gasteiger partial charge < -0.3 is 10.0 Å². The molecule has 1 aliphatic heterocycles. The van der Waals surface area contributed by atoms with E-state index in [1.807, 2.05) is 6.92 Å². The largest absolute Gasteiger partial charge is 0.480 e. The van der Waals surface area contributed by atoms with E-state index in [4.69, 9.17) is 0 Å². The molecule has 1 saturated heterocycles. The molecule has 1 aliphatic carbocycles. The van der Waals surface area contributed by atoms with Gasteiger partial charge in [-0.25, -0.2) is 13.6 Å². The second kappa shape index (κ2) is 5.91. The van der Waals surface area contributed by atoms with Crippen molar-refractivity contribution in [3.05, 3.63) is 35.4 Å². The monoisotopic (exact) mass is 323 g/mol. The van der Waals surface area contributed by atoms with Gasteiger partial charge in [0.05, 0.1) is 0 Å². The van der Waals surface area contributed by atoms with E-state index in [1.165, 1.54) is 23.1 Å². The maximum Gasteiger partial charge on any atom is 0.326 e. The first kappa shape index (κ1) is 15.9. The minimum absolute atomic E-state index is 0.0527. The summed E-state index contributed by atoms with van der Waals surface area (Å²) >= 11 is 0. The maximum atomic E-state index is 13.8. The van der Waals surface area contributed by atoms with Crippen LogP contribution in [0.4, 0.5) is 8.78 Å². The predicted octanol–water partition coefficient (Wildman–Crippen LogP) is 2.78. The number of halogens is 2. The lowest BCUT2D eigenvalue weighted by Crippen LogP contribution is -2.50. The summed E-state index contributed by atoms with van der Waals surface area (Å²) in [5.41, 5.74) is -0.0527. The molecule has 0 bridgehead atoms. The third-order valence-electron chi connectivity index (χ3n) is 4.91. The average molecular weight is 323 g/mol. The topological polar surface area (TPSA) is 57.6 Å². The fourth-order valence-corrected chi connectivity index (χ4v) is 3.50. The van der Waals surface area contributed by atoms with Crippen molar-refractivity contribution in [2.24, 2.45) is 11.8 Å². The molecule has 2 fully saturated rings. The summed E-state index contributed by atoms with van der Waals surface area (Å²) in [6.45, 7) is 2.35. The van der Waals surface area contributed by atoms with Gasteiger partial charge in [-0.1, -0.05) is 13.0 Å². The average Bonchev–Trinajstić information content (AvgIpc) is 3.26. The second-order valence-electron chi connectivity index (χ2n) is 6.60. The van der Waals surface area contributed by atoms with Crippen LogP contribution in [0.15, 0.2) is 18.2 Å². The first-order valence-corrected chi connectivity index (χ1v) is 7.87. The van der Waals surface area contributed by atoms with Crippen molar-refractivity contribution in [2.75, 3.05) is 6.54 Å². The van der Waals surface area contributed by atoms with Crippen molar-refractivity contribution in [1.29, 1.82) is 0 Å². The molecular formula is C17H19F2NO3. The molecule has 4 unspecified atom stereocenters. The summed E-state index contributed by atoms with van der Waals surface area (Å²) in [5, 5.41) is 9.33. The molecule has 1 aromatic carbocycles. The Labute approximate surface area is 133 Å². The molecule has 1 amide bonds. The zero-order valence-electron chi connectivity index (χ0n) is 12.8. The predicted molar refractivity (Wildman–Crippen MR) is 78.7 cm³/mol. The lowest BCUT2D eigenvalue weighted by atomic mass is 9.92. The summed E-state index contributed by atoms with van der Waals surface area (Å²) in [6.07, 6.45) is 1.54. The standard InChI is InChI=1S/C17H19F2NO3/c1-9-5-6-20(14(7-9)17(22)23)16(21)11-8-10(11)15-12(18)3-2-4-13(15)19/h2-4,9-11,14H,5-8H2,1H3,(H,22,23). The van der Waals surface area contributed by atoms with Gasteiger partial charge in [-0.2, -0.15) is 0 Å². The summed E-state index contributed by atoms with van der Waals surface area (Å²) in [6, 6.07) is 2.82. The number of carbonyl (C=O) groups is 2. The van der Waals surface area contributed by atoms with Crippen molar-refractivity contribution in [1.82, 2.24) is 4.90 Å². The van der Waals surface area contributed by atoms with Crippen molar-refractivity contribution in [3.63, 3.8) is 0 Å². The van der Waals surface area contributed by atoms with Crippen molar-refractivity contribution < 1.29 is 23.5 Å². The maximum absolute atomic E-state index is 13.8. The number of rotatable bonds is 3. The summed E-state index contributed by atoms with van der Waals surface area (Å²) in [7, 11) is 0. The van der Waals surface area contributed by atoms with Crippen LogP contribution in [-0.2, 0) is 9.59 Å². The highest BCUT2D eigenvalue weighted by Crippen LogP contribution is 2.50. The van der Waals surface area contributed by atoms with Crippen molar-refractivity contribution in [3.8, 4) is 0 Å². The smallest absolute Gasteiger partial charge is 0.326 e. The van der Waals surface area contributed by atoms with Crippen LogP contribution in [0, 0.1) is 23.5 Å². The molecule has 23 heavy (non-hydrogen) atoms. The lowest BCUT2D eigenvalue weighted by molar-refractivity contribution is -0.153. The normalized spacial score (nSPS) is 30.1. The van der Waals surface area contributed by atoms with Gasteiger partial charge in [0.15, 0.2) is 0 Å². The van der Waals surface area contributed by atoms with Crippen LogP contribution in [0.3, 0.4) is 0 Å². The fraction of sp³-hybridized carbons (Fsp3) is 0.529. The number of carboxylic acid groups (broad SMARTS) is 1. The van der Waals surface area contributed by atoms with Crippen LogP contribution >= 0.6 is 0 Å². The number of benzene rings is 1. The molecule has 0 radical (unpaired) electrons. The number of likely N-dealkylation sites (tertiary alicyclic amines) is 1. The molecular weight excluding hydrogens is 304 g/mol. The van der Waals surface area contributed by atoms with Gasteiger partial charge in [0.1, 0.15) is 17.7 Å². The van der Waals surface area contributed by atoms with Crippen LogP contribution in [0.5, 0.6) is 0 Å². The van der Waals surface area contributed by atoms with Gasteiger partial charge in [0, 0.05) is 23.9 Å². The van der Waals surface area contributed by atoms with Gasteiger partial charge in [-0.3, -0.25) is 4.79 Å². The quantitative estimate of drug-likeness (QED) is 0.930. The molecule has 2 aliphatic rings. The van der Waals surface area contributed by atoms with E-state index >= 15 is 0 Å². The number of nitrogens with zero attached hydrogens (tertiary/aromatic N) is 1. The Morgan fingerprint density at radius 3 is 2.48 bits per heavy atom. The highest BCUT2D eigenvalue weighted by atomic mass is 19.1. The third kappa shape index (κ3) is 2.94. The Hall–Kier alpha value is -1.98. The molecule has 6 heteroatoms. The van der Waals surface area contributed by atoms with E-state index in [2.05, 4.69) is 0 Å². The molecule has 124 valence electrons. The van der Waals surface area contributed by atoms with Crippen LogP contribution < -0.4 is 0 Å². The lowest BCUT2D eigenvalue weighted by Gasteiger charge is -2.36. The molecule has 3 rings (SSSR count). The van der Waals surface area contributed by atoms with Crippen molar-refractivity contribution in [2.45, 2.75) is 38.1 Å². The molecule has 1 saturated carbocycles. The summed E-state index contributed by atoms with van der Waals surface area (Å²) in [5.74, 6) is -3.36. The van der Waals surface area contributed by atoms with Gasteiger partial charge >= 0.3 is 5.97 Å². The van der Waals surface area contributed by atoms with E-state index in [-0.39, 0.29) is 17.4 Å². The van der Waals surface area contributed by atoms with Crippen LogP contribution in [0.1, 0.15) is 37.7 Å². The molecule has 4 atom stereocenters. The van der Waals surface area contributed by atoms with Gasteiger partial charge in [-0.05, 0) is 37.3 Å². The van der Waals surface area contributed by atoms with Crippen LogP contribution in [0.2, 0.25) is 0 Å². The van der Waals surface area contributed by atoms with Gasteiger partial charge in [0.25, 0.3) is 0 Å². The molecule has 0 spiro atoms. The van der Waals surface area contributed by atoms with E-state index in [9.17, 15) is 23.5 Å². The number of piperidine rings is 1. The Balaban J connectivity index is 1.76. The number of hydrogen-bond acceptors (Lipinski definition) is 2. The Morgan fingerprint density at radius 2 is 1.87 bits per heavy atom. The molecule has 1 aromatic rings. The summed E-state index contributed by atoms with van der Waals surface area (Å²) < 4.78 is 27.6. The number of hydrogen-bond donors (Lipinski definition) is 1. The van der Waals surface area contributed by atoms with E-state index in [0.29, 0.717) is 19.4 Å². The fourth-order valence-electron chi connectivity index (χ4n) is 3.50. The molecule has 1 heterocycles. The number of carbonyl (C=O) groups excluding carboxylic acids is 1. The van der Waals surface area contributed by atoms with Crippen molar-refractivity contribution >= 4 is 11.9 Å². The third-order valence-corrected chi connectivity index (χ3v) is 4.91. The van der Waals surface area contributed by atoms with Gasteiger partial charge in [-0.15, -0.1) is 0 Å².